The first-order valence-corrected chi connectivity index (χ1v) is 12.1. The zero-order valence-corrected chi connectivity index (χ0v) is 20.4. The van der Waals surface area contributed by atoms with E-state index in [4.69, 9.17) is 4.74 Å². The molecule has 1 amide bonds. The largest absolute Gasteiger partial charge is 1.00 e. The van der Waals surface area contributed by atoms with E-state index in [-0.39, 0.29) is 50.8 Å². The summed E-state index contributed by atoms with van der Waals surface area (Å²) >= 11 is 0. The minimum absolute atomic E-state index is 0. The van der Waals surface area contributed by atoms with Gasteiger partial charge in [-0.15, -0.1) is 5.69 Å². The van der Waals surface area contributed by atoms with E-state index in [1.54, 1.807) is 19.1 Å². The van der Waals surface area contributed by atoms with Crippen LogP contribution in [0.5, 0.6) is 0 Å². The molecule has 0 aliphatic carbocycles. The molecule has 0 bridgehead atoms. The van der Waals surface area contributed by atoms with Gasteiger partial charge in [0.2, 0.25) is 6.09 Å². The van der Waals surface area contributed by atoms with Gasteiger partial charge >= 0.3 is 18.9 Å². The number of carbonyl (C=O) groups is 1. The molecule has 2 radical (unpaired) electrons. The van der Waals surface area contributed by atoms with Gasteiger partial charge in [0.15, 0.2) is 0 Å². The third-order valence-corrected chi connectivity index (χ3v) is 5.46. The summed E-state index contributed by atoms with van der Waals surface area (Å²) in [6.07, 6.45) is 2.84. The van der Waals surface area contributed by atoms with Gasteiger partial charge < -0.3 is 10.1 Å². The summed E-state index contributed by atoms with van der Waals surface area (Å²) < 4.78 is 5.18. The standard InChI is InChI=1S/C17H17NO2.C8H11Si.Cu.Li/c1-14(12-13-15-8-4-2-5-9-15)20-17(19)18-16-10-6-3-7-11-16;1-9(2)8-6-4-3-5-7-8;;/h2-14H,1H3,(H,18,19);3-7H,1-2H3;;/q;;;+1/p-1/b13-12-;;;. The summed E-state index contributed by atoms with van der Waals surface area (Å²) in [5, 5.41) is 5.38. The van der Waals surface area contributed by atoms with Gasteiger partial charge in [-0.2, -0.15) is 0 Å². The molecule has 3 nitrogen and oxygen atoms in total. The van der Waals surface area contributed by atoms with Gasteiger partial charge in [0.1, 0.15) is 6.10 Å². The molecule has 0 saturated carbocycles. The quantitative estimate of drug-likeness (QED) is 0.533. The van der Waals surface area contributed by atoms with Gasteiger partial charge in [0, 0.05) is 17.1 Å². The molecule has 0 heterocycles. The van der Waals surface area contributed by atoms with Crippen molar-refractivity contribution in [2.45, 2.75) is 26.1 Å². The van der Waals surface area contributed by atoms with Crippen LogP contribution in [0.2, 0.25) is 13.1 Å². The molecule has 3 aromatic rings. The van der Waals surface area contributed by atoms with Crippen molar-refractivity contribution < 1.29 is 45.5 Å². The minimum atomic E-state index is -0.582. The molecule has 0 fully saturated rings. The first-order valence-electron chi connectivity index (χ1n) is 9.61. The predicted octanol–water partition coefficient (Wildman–Crippen LogP) is 3.58. The monoisotopic (exact) mass is 471 g/mol. The number of amides is 1. The zero-order valence-electron chi connectivity index (χ0n) is 18.5. The van der Waals surface area contributed by atoms with E-state index in [2.05, 4.69) is 48.7 Å². The van der Waals surface area contributed by atoms with Gasteiger partial charge in [0.25, 0.3) is 0 Å². The van der Waals surface area contributed by atoms with E-state index in [1.165, 1.54) is 5.19 Å². The molecular weight excluding hydrogens is 445 g/mol. The maximum absolute atomic E-state index is 11.6. The van der Waals surface area contributed by atoms with Crippen LogP contribution in [0.25, 0.3) is 11.4 Å². The zero-order chi connectivity index (χ0) is 20.9. The van der Waals surface area contributed by atoms with Crippen molar-refractivity contribution in [3.63, 3.8) is 0 Å². The van der Waals surface area contributed by atoms with Crippen molar-refractivity contribution in [1.82, 2.24) is 0 Å². The Hall–Kier alpha value is -2.00. The van der Waals surface area contributed by atoms with E-state index >= 15 is 0 Å². The molecule has 0 N–H and O–H groups in total. The number of rotatable bonds is 5. The minimum Gasteiger partial charge on any atom is -0.591 e. The van der Waals surface area contributed by atoms with Gasteiger partial charge in [-0.25, -0.2) is 0 Å². The SMILES string of the molecule is CC(/C=C\c1ccccc1)OC(=O)[N-]c1ccccc1.C[Si](C)c1ccccc1.[Cu].[Li+]. The smallest absolute Gasteiger partial charge is 0.591 e. The van der Waals surface area contributed by atoms with E-state index in [9.17, 15) is 4.79 Å². The molecule has 0 aliphatic heterocycles. The van der Waals surface area contributed by atoms with Crippen LogP contribution < -0.4 is 24.0 Å². The maximum Gasteiger partial charge on any atom is 1.00 e. The summed E-state index contributed by atoms with van der Waals surface area (Å²) in [5.41, 5.74) is 1.66. The Balaban J connectivity index is 0.000000695. The summed E-state index contributed by atoms with van der Waals surface area (Å²) in [5.74, 6) is 0. The van der Waals surface area contributed by atoms with Crippen LogP contribution in [-0.4, -0.2) is 21.0 Å². The molecule has 0 aromatic heterocycles. The molecule has 31 heavy (non-hydrogen) atoms. The van der Waals surface area contributed by atoms with E-state index in [0.29, 0.717) is 5.69 Å². The summed E-state index contributed by atoms with van der Waals surface area (Å²) in [6, 6.07) is 29.6. The third kappa shape index (κ3) is 12.4. The van der Waals surface area contributed by atoms with Crippen LogP contribution in [-0.2, 0) is 21.8 Å². The normalized spacial score (nSPS) is 10.7. The average molecular weight is 472 g/mol. The van der Waals surface area contributed by atoms with Gasteiger partial charge in [0.05, 0.1) is 8.80 Å². The number of hydrogen-bond acceptors (Lipinski definition) is 2. The van der Waals surface area contributed by atoms with Gasteiger partial charge in [-0.3, -0.25) is 4.79 Å². The molecule has 0 saturated heterocycles. The third-order valence-electron chi connectivity index (χ3n) is 3.97. The van der Waals surface area contributed by atoms with Crippen molar-refractivity contribution in [3.8, 4) is 0 Å². The molecular formula is C25H27CuLiNO2Si. The molecule has 3 aromatic carbocycles. The Morgan fingerprint density at radius 2 is 1.35 bits per heavy atom. The molecule has 6 heteroatoms. The summed E-state index contributed by atoms with van der Waals surface area (Å²) in [6.45, 7) is 6.41. The molecule has 3 rings (SSSR count). The van der Waals surface area contributed by atoms with Crippen LogP contribution in [0.3, 0.4) is 0 Å². The van der Waals surface area contributed by atoms with Crippen LogP contribution in [0.15, 0.2) is 97.1 Å². The number of benzene rings is 3. The Labute approximate surface area is 210 Å². The fourth-order valence-electron chi connectivity index (χ4n) is 2.41. The van der Waals surface area contributed by atoms with E-state index < -0.39 is 6.09 Å². The van der Waals surface area contributed by atoms with Crippen molar-refractivity contribution in [2.75, 3.05) is 0 Å². The Kier molecular flexibility index (Phi) is 15.6. The van der Waals surface area contributed by atoms with Gasteiger partial charge in [-0.05, 0) is 18.6 Å². The van der Waals surface area contributed by atoms with Crippen LogP contribution in [0.1, 0.15) is 12.5 Å². The van der Waals surface area contributed by atoms with Crippen molar-refractivity contribution in [2.24, 2.45) is 0 Å². The molecule has 160 valence electrons. The number of para-hydroxylation sites is 1. The second-order valence-corrected chi connectivity index (χ2v) is 9.25. The van der Waals surface area contributed by atoms with E-state index in [1.807, 2.05) is 60.7 Å². The predicted molar refractivity (Wildman–Crippen MR) is 124 cm³/mol. The summed E-state index contributed by atoms with van der Waals surface area (Å²) in [7, 11) is -0.212. The Morgan fingerprint density at radius 3 is 1.84 bits per heavy atom. The first-order chi connectivity index (χ1) is 14.0. The van der Waals surface area contributed by atoms with Gasteiger partial charge in [-0.1, -0.05) is 115 Å². The topological polar surface area (TPSA) is 40.4 Å². The number of hydrogen-bond donors (Lipinski definition) is 0. The van der Waals surface area contributed by atoms with Crippen LogP contribution in [0, 0.1) is 0 Å². The second kappa shape index (κ2) is 16.7. The van der Waals surface area contributed by atoms with Crippen LogP contribution in [0.4, 0.5) is 10.5 Å². The molecule has 1 atom stereocenters. The number of carbonyl (C=O) groups excluding carboxylic acids is 1. The number of nitrogens with zero attached hydrogens (tertiary/aromatic N) is 1. The fourth-order valence-corrected chi connectivity index (χ4v) is 3.27. The Morgan fingerprint density at radius 1 is 0.871 bits per heavy atom. The first kappa shape index (κ1) is 29.0. The fraction of sp³-hybridized carbons (Fsp3) is 0.160. The van der Waals surface area contributed by atoms with Crippen molar-refractivity contribution in [3.05, 3.63) is 108 Å². The van der Waals surface area contributed by atoms with E-state index in [0.717, 1.165) is 5.56 Å². The molecule has 0 aliphatic rings. The average Bonchev–Trinajstić information content (AvgIpc) is 2.75. The van der Waals surface area contributed by atoms with Crippen LogP contribution >= 0.6 is 0 Å². The molecule has 1 unspecified atom stereocenters. The summed E-state index contributed by atoms with van der Waals surface area (Å²) in [4.78, 5) is 11.6. The molecule has 0 spiro atoms. The Bertz CT molecular complexity index is 878. The maximum atomic E-state index is 11.6. The van der Waals surface area contributed by atoms with Crippen molar-refractivity contribution >= 4 is 31.8 Å². The van der Waals surface area contributed by atoms with Crippen molar-refractivity contribution in [1.29, 1.82) is 0 Å². The number of ether oxygens (including phenoxy) is 1. The second-order valence-electron chi connectivity index (χ2n) is 6.67.